The highest BCUT2D eigenvalue weighted by atomic mass is 19.1. The number of hydrogen-bond donors (Lipinski definition) is 1. The molecule has 2 rings (SSSR count). The molecule has 0 bridgehead atoms. The molecule has 22 heavy (non-hydrogen) atoms. The number of benzene rings is 2. The van der Waals surface area contributed by atoms with Crippen LogP contribution in [0.25, 0.3) is 11.1 Å². The highest BCUT2D eigenvalue weighted by Crippen LogP contribution is 2.23. The number of hydrogen-bond acceptors (Lipinski definition) is 1. The van der Waals surface area contributed by atoms with E-state index < -0.39 is 0 Å². The molecule has 2 nitrogen and oxygen atoms in total. The van der Waals surface area contributed by atoms with Crippen molar-refractivity contribution in [2.45, 2.75) is 26.7 Å². The zero-order valence-corrected chi connectivity index (χ0v) is 13.3. The second-order valence-electron chi connectivity index (χ2n) is 5.99. The lowest BCUT2D eigenvalue weighted by atomic mass is 9.97. The van der Waals surface area contributed by atoms with Gasteiger partial charge in [0.15, 0.2) is 0 Å². The summed E-state index contributed by atoms with van der Waals surface area (Å²) in [5, 5.41) is 2.95. The van der Waals surface area contributed by atoms with Crippen LogP contribution in [-0.4, -0.2) is 12.5 Å². The van der Waals surface area contributed by atoms with Crippen molar-refractivity contribution in [1.82, 2.24) is 5.32 Å². The van der Waals surface area contributed by atoms with E-state index in [1.165, 1.54) is 12.1 Å². The quantitative estimate of drug-likeness (QED) is 0.872. The molecule has 2 aromatic carbocycles. The Morgan fingerprint density at radius 3 is 2.32 bits per heavy atom. The number of carbonyl (C=O) groups excluding carboxylic acids is 1. The average Bonchev–Trinajstić information content (AvgIpc) is 2.52. The van der Waals surface area contributed by atoms with Crippen LogP contribution in [0.2, 0.25) is 0 Å². The molecule has 0 aliphatic heterocycles. The summed E-state index contributed by atoms with van der Waals surface area (Å²) in [5.41, 5.74) is 2.74. The van der Waals surface area contributed by atoms with Crippen molar-refractivity contribution in [3.05, 3.63) is 59.9 Å². The zero-order valence-electron chi connectivity index (χ0n) is 13.3. The Hall–Kier alpha value is -2.16. The van der Waals surface area contributed by atoms with E-state index in [0.717, 1.165) is 16.7 Å². The number of rotatable bonds is 5. The number of carbonyl (C=O) groups is 1. The van der Waals surface area contributed by atoms with Crippen LogP contribution in [0.5, 0.6) is 0 Å². The fraction of sp³-hybridized carbons (Fsp3) is 0.316. The minimum absolute atomic E-state index is 0.0344. The first-order valence-corrected chi connectivity index (χ1v) is 7.61. The van der Waals surface area contributed by atoms with Gasteiger partial charge in [-0.15, -0.1) is 0 Å². The van der Waals surface area contributed by atoms with Gasteiger partial charge in [-0.25, -0.2) is 4.39 Å². The molecule has 2 aromatic rings. The number of halogens is 1. The van der Waals surface area contributed by atoms with Crippen molar-refractivity contribution < 1.29 is 9.18 Å². The van der Waals surface area contributed by atoms with Gasteiger partial charge in [-0.1, -0.05) is 50.2 Å². The van der Waals surface area contributed by atoms with Crippen LogP contribution in [0.15, 0.2) is 48.5 Å². The van der Waals surface area contributed by atoms with Gasteiger partial charge < -0.3 is 5.32 Å². The van der Waals surface area contributed by atoms with E-state index in [2.05, 4.69) is 19.2 Å². The lowest BCUT2D eigenvalue weighted by Gasteiger charge is -2.14. The molecule has 0 saturated carbocycles. The average molecular weight is 299 g/mol. The lowest BCUT2D eigenvalue weighted by molar-refractivity contribution is -0.122. The van der Waals surface area contributed by atoms with E-state index in [0.29, 0.717) is 12.5 Å². The predicted molar refractivity (Wildman–Crippen MR) is 88.1 cm³/mol. The van der Waals surface area contributed by atoms with E-state index in [-0.39, 0.29) is 17.6 Å². The van der Waals surface area contributed by atoms with Crippen LogP contribution >= 0.6 is 0 Å². The van der Waals surface area contributed by atoms with Gasteiger partial charge in [-0.05, 0) is 41.7 Å². The summed E-state index contributed by atoms with van der Waals surface area (Å²) in [5.74, 6) is 0.0297. The van der Waals surface area contributed by atoms with E-state index in [1.54, 1.807) is 6.07 Å². The Balaban J connectivity index is 2.09. The maximum atomic E-state index is 13.3. The van der Waals surface area contributed by atoms with Crippen molar-refractivity contribution in [3.63, 3.8) is 0 Å². The summed E-state index contributed by atoms with van der Waals surface area (Å²) >= 11 is 0. The van der Waals surface area contributed by atoms with Crippen molar-refractivity contribution in [2.75, 3.05) is 6.54 Å². The molecular formula is C19H22FNO. The first kappa shape index (κ1) is 16.2. The normalized spacial score (nSPS) is 12.2. The van der Waals surface area contributed by atoms with Crippen LogP contribution in [0, 0.1) is 11.7 Å². The minimum Gasteiger partial charge on any atom is -0.355 e. The van der Waals surface area contributed by atoms with E-state index in [9.17, 15) is 9.18 Å². The Morgan fingerprint density at radius 2 is 1.73 bits per heavy atom. The SMILES string of the molecule is CC(C)CNC(=O)C(C)c1ccc(-c2cccc(F)c2)cc1. The summed E-state index contributed by atoms with van der Waals surface area (Å²) < 4.78 is 13.3. The minimum atomic E-state index is -0.247. The second-order valence-corrected chi connectivity index (χ2v) is 5.99. The van der Waals surface area contributed by atoms with Crippen LogP contribution in [0.3, 0.4) is 0 Å². The summed E-state index contributed by atoms with van der Waals surface area (Å²) in [4.78, 5) is 12.1. The third-order valence-electron chi connectivity index (χ3n) is 3.65. The highest BCUT2D eigenvalue weighted by molar-refractivity contribution is 5.83. The predicted octanol–water partition coefficient (Wildman–Crippen LogP) is 4.37. The highest BCUT2D eigenvalue weighted by Gasteiger charge is 2.15. The molecular weight excluding hydrogens is 277 g/mol. The maximum Gasteiger partial charge on any atom is 0.227 e. The molecule has 1 atom stereocenters. The van der Waals surface area contributed by atoms with Crippen LogP contribution in [0.1, 0.15) is 32.3 Å². The topological polar surface area (TPSA) is 29.1 Å². The largest absolute Gasteiger partial charge is 0.355 e. The van der Waals surface area contributed by atoms with Crippen LogP contribution in [-0.2, 0) is 4.79 Å². The molecule has 3 heteroatoms. The van der Waals surface area contributed by atoms with E-state index >= 15 is 0 Å². The van der Waals surface area contributed by atoms with Crippen molar-refractivity contribution >= 4 is 5.91 Å². The van der Waals surface area contributed by atoms with Gasteiger partial charge in [0.05, 0.1) is 5.92 Å². The first-order chi connectivity index (χ1) is 10.5. The number of nitrogens with one attached hydrogen (secondary N) is 1. The Kier molecular flexibility index (Phi) is 5.31. The molecule has 0 aliphatic carbocycles. The van der Waals surface area contributed by atoms with E-state index in [1.807, 2.05) is 37.3 Å². The summed E-state index contributed by atoms with van der Waals surface area (Å²) in [6.07, 6.45) is 0. The summed E-state index contributed by atoms with van der Waals surface area (Å²) in [6, 6.07) is 14.2. The maximum absolute atomic E-state index is 13.3. The molecule has 116 valence electrons. The Morgan fingerprint density at radius 1 is 1.05 bits per heavy atom. The molecule has 1 N–H and O–H groups in total. The Bertz CT molecular complexity index is 634. The molecule has 0 fully saturated rings. The fourth-order valence-corrected chi connectivity index (χ4v) is 2.24. The standard InChI is InChI=1S/C19H22FNO/c1-13(2)12-21-19(22)14(3)15-7-9-16(10-8-15)17-5-4-6-18(20)11-17/h4-11,13-14H,12H2,1-3H3,(H,21,22). The summed E-state index contributed by atoms with van der Waals surface area (Å²) in [7, 11) is 0. The fourth-order valence-electron chi connectivity index (χ4n) is 2.24. The van der Waals surface area contributed by atoms with Gasteiger partial charge in [0, 0.05) is 6.54 Å². The van der Waals surface area contributed by atoms with Gasteiger partial charge in [0.25, 0.3) is 0 Å². The molecule has 0 aliphatic rings. The van der Waals surface area contributed by atoms with Gasteiger partial charge in [-0.3, -0.25) is 4.79 Å². The van der Waals surface area contributed by atoms with Crippen LogP contribution in [0.4, 0.5) is 4.39 Å². The number of amides is 1. The van der Waals surface area contributed by atoms with Gasteiger partial charge in [0.2, 0.25) is 5.91 Å². The molecule has 0 saturated heterocycles. The molecule has 0 radical (unpaired) electrons. The van der Waals surface area contributed by atoms with Crippen molar-refractivity contribution in [1.29, 1.82) is 0 Å². The lowest BCUT2D eigenvalue weighted by Crippen LogP contribution is -2.31. The van der Waals surface area contributed by atoms with Gasteiger partial charge in [0.1, 0.15) is 5.82 Å². The van der Waals surface area contributed by atoms with Gasteiger partial charge >= 0.3 is 0 Å². The molecule has 0 heterocycles. The first-order valence-electron chi connectivity index (χ1n) is 7.61. The van der Waals surface area contributed by atoms with Crippen molar-refractivity contribution in [2.24, 2.45) is 5.92 Å². The molecule has 1 unspecified atom stereocenters. The zero-order chi connectivity index (χ0) is 16.1. The molecule has 1 amide bonds. The van der Waals surface area contributed by atoms with Crippen LogP contribution < -0.4 is 5.32 Å². The Labute approximate surface area is 131 Å². The second kappa shape index (κ2) is 7.21. The molecule has 0 spiro atoms. The third kappa shape index (κ3) is 4.17. The summed E-state index contributed by atoms with van der Waals surface area (Å²) in [6.45, 7) is 6.72. The van der Waals surface area contributed by atoms with Gasteiger partial charge in [-0.2, -0.15) is 0 Å². The van der Waals surface area contributed by atoms with Crippen molar-refractivity contribution in [3.8, 4) is 11.1 Å². The molecule has 0 aromatic heterocycles. The smallest absolute Gasteiger partial charge is 0.227 e. The monoisotopic (exact) mass is 299 g/mol. The third-order valence-corrected chi connectivity index (χ3v) is 3.65. The van der Waals surface area contributed by atoms with E-state index in [4.69, 9.17) is 0 Å².